The van der Waals surface area contributed by atoms with Crippen molar-refractivity contribution in [3.63, 3.8) is 0 Å². The highest BCUT2D eigenvalue weighted by Gasteiger charge is 2.29. The first kappa shape index (κ1) is 23.4. The van der Waals surface area contributed by atoms with E-state index in [0.29, 0.717) is 24.5 Å². The van der Waals surface area contributed by atoms with E-state index in [9.17, 15) is 19.2 Å². The fourth-order valence-electron chi connectivity index (χ4n) is 3.05. The van der Waals surface area contributed by atoms with Gasteiger partial charge in [-0.3, -0.25) is 24.5 Å². The first-order valence-electron chi connectivity index (χ1n) is 9.11. The number of carbonyl (C=O) groups excluding carboxylic acids is 3. The Morgan fingerprint density at radius 3 is 2.26 bits per heavy atom. The fraction of sp³-hybridized carbons (Fsp3) is 0.765. The molecule has 0 saturated heterocycles. The van der Waals surface area contributed by atoms with Crippen molar-refractivity contribution in [2.75, 3.05) is 12.0 Å². The Bertz CT molecular complexity index is 539. The highest BCUT2D eigenvalue weighted by molar-refractivity contribution is 7.98. The molecule has 3 amide bonds. The largest absolute Gasteiger partial charge is 0.481 e. The van der Waals surface area contributed by atoms with Crippen molar-refractivity contribution >= 4 is 35.5 Å². The fourth-order valence-corrected chi connectivity index (χ4v) is 3.54. The first-order valence-corrected chi connectivity index (χ1v) is 10.5. The van der Waals surface area contributed by atoms with E-state index in [-0.39, 0.29) is 0 Å². The van der Waals surface area contributed by atoms with Gasteiger partial charge in [-0.2, -0.15) is 11.8 Å². The van der Waals surface area contributed by atoms with Crippen molar-refractivity contribution < 1.29 is 24.3 Å². The van der Waals surface area contributed by atoms with Crippen LogP contribution in [0, 0.1) is 5.92 Å². The lowest BCUT2D eigenvalue weighted by molar-refractivity contribution is -0.142. The average Bonchev–Trinajstić information content (AvgIpc) is 3.11. The van der Waals surface area contributed by atoms with Gasteiger partial charge in [-0.05, 0) is 30.8 Å². The van der Waals surface area contributed by atoms with Gasteiger partial charge in [0.15, 0.2) is 0 Å². The molecule has 10 heteroatoms. The molecule has 0 radical (unpaired) electrons. The Kier molecular flexibility index (Phi) is 10.3. The third kappa shape index (κ3) is 8.72. The number of hydrogen-bond acceptors (Lipinski definition) is 7. The van der Waals surface area contributed by atoms with E-state index in [1.807, 2.05) is 6.26 Å². The highest BCUT2D eigenvalue weighted by atomic mass is 32.2. The minimum Gasteiger partial charge on any atom is -0.481 e. The number of nitrogens with two attached hydrogens (primary N) is 2. The molecule has 27 heavy (non-hydrogen) atoms. The Morgan fingerprint density at radius 1 is 1.07 bits per heavy atom. The number of aliphatic carboxylic acids is 1. The molecule has 0 heterocycles. The molecule has 0 aromatic rings. The minimum atomic E-state index is -1.39. The zero-order valence-corrected chi connectivity index (χ0v) is 16.4. The van der Waals surface area contributed by atoms with Gasteiger partial charge < -0.3 is 21.9 Å². The molecule has 1 unspecified atom stereocenters. The molecule has 1 aliphatic carbocycles. The molecule has 1 aliphatic rings. The third-order valence-electron chi connectivity index (χ3n) is 4.63. The Morgan fingerprint density at radius 2 is 1.70 bits per heavy atom. The molecule has 0 spiro atoms. The van der Waals surface area contributed by atoms with Crippen LogP contribution >= 0.6 is 11.8 Å². The second-order valence-electron chi connectivity index (χ2n) is 6.89. The summed E-state index contributed by atoms with van der Waals surface area (Å²) in [4.78, 5) is 47.5. The maximum Gasteiger partial charge on any atom is 0.305 e. The zero-order valence-electron chi connectivity index (χ0n) is 15.6. The number of carboxylic acid groups (broad SMARTS) is 1. The van der Waals surface area contributed by atoms with Crippen LogP contribution in [-0.4, -0.2) is 58.9 Å². The normalized spacial score (nSPS) is 17.7. The molecule has 154 valence electrons. The van der Waals surface area contributed by atoms with E-state index in [0.717, 1.165) is 25.7 Å². The number of hydrogen-bond donors (Lipinski definition) is 5. The first-order chi connectivity index (χ1) is 12.7. The average molecular weight is 403 g/mol. The molecule has 1 saturated carbocycles. The lowest BCUT2D eigenvalue weighted by Crippen LogP contribution is -2.55. The van der Waals surface area contributed by atoms with Crippen molar-refractivity contribution in [3.05, 3.63) is 0 Å². The molecular weight excluding hydrogens is 372 g/mol. The summed E-state index contributed by atoms with van der Waals surface area (Å²) in [5.74, 6) is -2.45. The molecule has 9 nitrogen and oxygen atoms in total. The number of thioether (sulfide) groups is 1. The SMILES string of the molecule is CSCC[C@H](N)C(=O)N[C@@H](CC(=O)O)C(=O)NC(=O)C(N)CC1CCCC1. The summed E-state index contributed by atoms with van der Waals surface area (Å²) in [6.07, 6.45) is 6.34. The summed E-state index contributed by atoms with van der Waals surface area (Å²) in [5.41, 5.74) is 11.6. The third-order valence-corrected chi connectivity index (χ3v) is 5.27. The summed E-state index contributed by atoms with van der Waals surface area (Å²) < 4.78 is 0. The molecule has 7 N–H and O–H groups in total. The molecule has 0 aromatic heterocycles. The monoisotopic (exact) mass is 402 g/mol. The number of amides is 3. The lowest BCUT2D eigenvalue weighted by atomic mass is 9.98. The Hall–Kier alpha value is -1.65. The molecule has 1 fully saturated rings. The lowest BCUT2D eigenvalue weighted by Gasteiger charge is -2.20. The quantitative estimate of drug-likeness (QED) is 0.311. The van der Waals surface area contributed by atoms with Crippen molar-refractivity contribution in [1.29, 1.82) is 0 Å². The minimum absolute atomic E-state index is 0.366. The molecule has 1 rings (SSSR count). The van der Waals surface area contributed by atoms with Crippen LogP contribution < -0.4 is 22.1 Å². The predicted octanol–water partition coefficient (Wildman–Crippen LogP) is -0.423. The summed E-state index contributed by atoms with van der Waals surface area (Å²) in [5, 5.41) is 13.4. The number of nitrogens with one attached hydrogen (secondary N) is 2. The van der Waals surface area contributed by atoms with Crippen LogP contribution in [0.4, 0.5) is 0 Å². The number of rotatable bonds is 11. The van der Waals surface area contributed by atoms with E-state index >= 15 is 0 Å². The van der Waals surface area contributed by atoms with Crippen LogP contribution in [0.15, 0.2) is 0 Å². The van der Waals surface area contributed by atoms with E-state index in [1.54, 1.807) is 0 Å². The van der Waals surface area contributed by atoms with Gasteiger partial charge in [-0.25, -0.2) is 0 Å². The summed E-state index contributed by atoms with van der Waals surface area (Å²) in [7, 11) is 0. The maximum atomic E-state index is 12.3. The summed E-state index contributed by atoms with van der Waals surface area (Å²) in [6, 6.07) is -3.10. The summed E-state index contributed by atoms with van der Waals surface area (Å²) in [6.45, 7) is 0. The van der Waals surface area contributed by atoms with Gasteiger partial charge in [0.25, 0.3) is 0 Å². The number of imide groups is 1. The highest BCUT2D eigenvalue weighted by Crippen LogP contribution is 2.28. The second-order valence-corrected chi connectivity index (χ2v) is 7.88. The van der Waals surface area contributed by atoms with Gasteiger partial charge in [0.1, 0.15) is 6.04 Å². The van der Waals surface area contributed by atoms with Crippen LogP contribution in [-0.2, 0) is 19.2 Å². The Balaban J connectivity index is 2.60. The van der Waals surface area contributed by atoms with Crippen molar-refractivity contribution in [2.24, 2.45) is 17.4 Å². The van der Waals surface area contributed by atoms with Gasteiger partial charge >= 0.3 is 5.97 Å². The van der Waals surface area contributed by atoms with E-state index in [4.69, 9.17) is 16.6 Å². The number of carboxylic acids is 1. The predicted molar refractivity (Wildman–Crippen MR) is 103 cm³/mol. The number of carbonyl (C=O) groups is 4. The molecule has 3 atom stereocenters. The van der Waals surface area contributed by atoms with Crippen LogP contribution in [0.2, 0.25) is 0 Å². The standard InChI is InChI=1S/C17H30N4O5S/c1-27-7-6-11(18)15(24)20-13(9-14(22)23)17(26)21-16(25)12(19)8-10-4-2-3-5-10/h10-13H,2-9,18-19H2,1H3,(H,20,24)(H,22,23)(H,21,25,26)/t11-,12?,13-/m0/s1. The van der Waals surface area contributed by atoms with E-state index in [2.05, 4.69) is 10.6 Å². The topological polar surface area (TPSA) is 165 Å². The van der Waals surface area contributed by atoms with Crippen molar-refractivity contribution in [1.82, 2.24) is 10.6 Å². The van der Waals surface area contributed by atoms with Gasteiger partial charge in [-0.1, -0.05) is 25.7 Å². The smallest absolute Gasteiger partial charge is 0.305 e. The molecule has 0 aliphatic heterocycles. The molecule has 0 aromatic carbocycles. The van der Waals surface area contributed by atoms with Crippen molar-refractivity contribution in [2.45, 2.75) is 63.1 Å². The van der Waals surface area contributed by atoms with E-state index < -0.39 is 48.2 Å². The van der Waals surface area contributed by atoms with Gasteiger partial charge in [0.2, 0.25) is 17.7 Å². The zero-order chi connectivity index (χ0) is 20.4. The second kappa shape index (κ2) is 11.9. The molecule has 0 bridgehead atoms. The van der Waals surface area contributed by atoms with Gasteiger partial charge in [0, 0.05) is 0 Å². The maximum absolute atomic E-state index is 12.3. The Labute approximate surface area is 163 Å². The van der Waals surface area contributed by atoms with E-state index in [1.165, 1.54) is 11.8 Å². The van der Waals surface area contributed by atoms with Crippen LogP contribution in [0.5, 0.6) is 0 Å². The van der Waals surface area contributed by atoms with Crippen molar-refractivity contribution in [3.8, 4) is 0 Å². The van der Waals surface area contributed by atoms with Crippen LogP contribution in [0.25, 0.3) is 0 Å². The van der Waals surface area contributed by atoms with Crippen LogP contribution in [0.3, 0.4) is 0 Å². The summed E-state index contributed by atoms with van der Waals surface area (Å²) >= 11 is 1.52. The van der Waals surface area contributed by atoms with Crippen LogP contribution in [0.1, 0.15) is 44.9 Å². The molecular formula is C17H30N4O5S. The van der Waals surface area contributed by atoms with Gasteiger partial charge in [0.05, 0.1) is 18.5 Å². The van der Waals surface area contributed by atoms with Gasteiger partial charge in [-0.15, -0.1) is 0 Å².